The van der Waals surface area contributed by atoms with Gasteiger partial charge in [0.15, 0.2) is 5.82 Å². The van der Waals surface area contributed by atoms with Crippen LogP contribution in [0.15, 0.2) is 36.4 Å². The molecule has 1 N–H and O–H groups in total. The lowest BCUT2D eigenvalue weighted by atomic mass is 10.1. The molecule has 146 valence electrons. The van der Waals surface area contributed by atoms with Crippen molar-refractivity contribution >= 4 is 52.1 Å². The highest BCUT2D eigenvalue weighted by Gasteiger charge is 2.07. The molecule has 0 amide bonds. The summed E-state index contributed by atoms with van der Waals surface area (Å²) in [5.74, 6) is 1.45. The first kappa shape index (κ1) is 20.6. The molecule has 3 rings (SSSR count). The summed E-state index contributed by atoms with van der Waals surface area (Å²) < 4.78 is 0. The average Bonchev–Trinajstić information content (AvgIpc) is 2.65. The van der Waals surface area contributed by atoms with Gasteiger partial charge >= 0.3 is 0 Å². The standard InChI is InChI=1S/C22H24Cl2N4/c1-15-5-6-16(13-19(15)24)7-10-21-26-20-14-17(23)8-9-18(20)22(27-21)25-11-4-12-28(2)3/h5-10,13-14H,4,11-12H2,1-3H3,(H,25,26,27)/b10-7+. The van der Waals surface area contributed by atoms with E-state index in [9.17, 15) is 0 Å². The molecule has 0 saturated carbocycles. The van der Waals surface area contributed by atoms with Gasteiger partial charge in [-0.1, -0.05) is 41.4 Å². The van der Waals surface area contributed by atoms with Gasteiger partial charge in [0.2, 0.25) is 0 Å². The van der Waals surface area contributed by atoms with E-state index < -0.39 is 0 Å². The summed E-state index contributed by atoms with van der Waals surface area (Å²) >= 11 is 12.4. The van der Waals surface area contributed by atoms with Gasteiger partial charge in [0.1, 0.15) is 5.82 Å². The molecule has 0 bridgehead atoms. The Labute approximate surface area is 176 Å². The predicted molar refractivity (Wildman–Crippen MR) is 121 cm³/mol. The van der Waals surface area contributed by atoms with Gasteiger partial charge in [-0.3, -0.25) is 0 Å². The minimum atomic E-state index is 0.626. The first-order chi connectivity index (χ1) is 13.4. The molecule has 4 nitrogen and oxygen atoms in total. The highest BCUT2D eigenvalue weighted by Crippen LogP contribution is 2.25. The van der Waals surface area contributed by atoms with Crippen LogP contribution in [0.25, 0.3) is 23.1 Å². The van der Waals surface area contributed by atoms with Gasteiger partial charge in [0, 0.05) is 22.0 Å². The highest BCUT2D eigenvalue weighted by molar-refractivity contribution is 6.31. The lowest BCUT2D eigenvalue weighted by Gasteiger charge is -2.12. The highest BCUT2D eigenvalue weighted by atomic mass is 35.5. The van der Waals surface area contributed by atoms with Crippen molar-refractivity contribution in [3.05, 3.63) is 63.4 Å². The molecule has 0 fully saturated rings. The molecule has 0 aliphatic carbocycles. The summed E-state index contributed by atoms with van der Waals surface area (Å²) in [4.78, 5) is 11.5. The van der Waals surface area contributed by atoms with Crippen LogP contribution < -0.4 is 5.32 Å². The molecule has 1 aromatic heterocycles. The SMILES string of the molecule is Cc1ccc(/C=C/c2nc(NCCCN(C)C)c3ccc(Cl)cc3n2)cc1Cl. The third-order valence-electron chi connectivity index (χ3n) is 4.37. The van der Waals surface area contributed by atoms with Crippen LogP contribution >= 0.6 is 23.2 Å². The Morgan fingerprint density at radius 2 is 1.86 bits per heavy atom. The molecule has 3 aromatic rings. The number of anilines is 1. The van der Waals surface area contributed by atoms with Gasteiger partial charge in [0.25, 0.3) is 0 Å². The topological polar surface area (TPSA) is 41.1 Å². The molecule has 0 radical (unpaired) electrons. The molecule has 0 atom stereocenters. The van der Waals surface area contributed by atoms with Gasteiger partial charge in [0.05, 0.1) is 5.52 Å². The third-order valence-corrected chi connectivity index (χ3v) is 5.01. The molecule has 2 aromatic carbocycles. The minimum absolute atomic E-state index is 0.626. The van der Waals surface area contributed by atoms with Crippen molar-refractivity contribution < 1.29 is 0 Å². The van der Waals surface area contributed by atoms with Gasteiger partial charge in [-0.05, 0) is 75.5 Å². The number of nitrogens with one attached hydrogen (secondary N) is 1. The zero-order chi connectivity index (χ0) is 20.1. The smallest absolute Gasteiger partial charge is 0.154 e. The maximum absolute atomic E-state index is 6.22. The zero-order valence-electron chi connectivity index (χ0n) is 16.3. The number of aromatic nitrogens is 2. The lowest BCUT2D eigenvalue weighted by molar-refractivity contribution is 0.405. The summed E-state index contributed by atoms with van der Waals surface area (Å²) in [5.41, 5.74) is 2.88. The van der Waals surface area contributed by atoms with Gasteiger partial charge < -0.3 is 10.2 Å². The maximum Gasteiger partial charge on any atom is 0.154 e. The van der Waals surface area contributed by atoms with E-state index in [2.05, 4.69) is 29.3 Å². The minimum Gasteiger partial charge on any atom is -0.369 e. The summed E-state index contributed by atoms with van der Waals surface area (Å²) in [6.45, 7) is 3.84. The number of benzene rings is 2. The number of hydrogen-bond acceptors (Lipinski definition) is 4. The van der Waals surface area contributed by atoms with Crippen LogP contribution in [-0.4, -0.2) is 42.1 Å². The van der Waals surface area contributed by atoms with Crippen molar-refractivity contribution in [1.82, 2.24) is 14.9 Å². The molecule has 0 unspecified atom stereocenters. The van der Waals surface area contributed by atoms with Crippen LogP contribution in [0.5, 0.6) is 0 Å². The number of aryl methyl sites for hydroxylation is 1. The Morgan fingerprint density at radius 3 is 2.61 bits per heavy atom. The normalized spacial score (nSPS) is 11.6. The quantitative estimate of drug-likeness (QED) is 0.497. The van der Waals surface area contributed by atoms with E-state index in [1.165, 1.54) is 0 Å². The molecular weight excluding hydrogens is 391 g/mol. The Balaban J connectivity index is 1.88. The van der Waals surface area contributed by atoms with Crippen molar-refractivity contribution in [3.63, 3.8) is 0 Å². The summed E-state index contributed by atoms with van der Waals surface area (Å²) in [6, 6.07) is 11.6. The van der Waals surface area contributed by atoms with Crippen LogP contribution in [-0.2, 0) is 0 Å². The number of rotatable bonds is 7. The third kappa shape index (κ3) is 5.44. The van der Waals surface area contributed by atoms with E-state index in [1.54, 1.807) is 0 Å². The fraction of sp³-hybridized carbons (Fsp3) is 0.273. The van der Waals surface area contributed by atoms with E-state index in [4.69, 9.17) is 28.2 Å². The van der Waals surface area contributed by atoms with Crippen LogP contribution in [0.2, 0.25) is 10.0 Å². The Kier molecular flexibility index (Phi) is 6.89. The predicted octanol–water partition coefficient (Wildman–Crippen LogP) is 5.78. The molecule has 0 aliphatic heterocycles. The zero-order valence-corrected chi connectivity index (χ0v) is 17.8. The molecule has 28 heavy (non-hydrogen) atoms. The summed E-state index contributed by atoms with van der Waals surface area (Å²) in [5, 5.41) is 5.81. The van der Waals surface area contributed by atoms with Crippen molar-refractivity contribution in [1.29, 1.82) is 0 Å². The second-order valence-corrected chi connectivity index (χ2v) is 7.86. The first-order valence-corrected chi connectivity index (χ1v) is 9.98. The number of hydrogen-bond donors (Lipinski definition) is 1. The fourth-order valence-electron chi connectivity index (χ4n) is 2.82. The molecule has 0 saturated heterocycles. The molecule has 1 heterocycles. The molecular formula is C22H24Cl2N4. The van der Waals surface area contributed by atoms with E-state index >= 15 is 0 Å². The van der Waals surface area contributed by atoms with Gasteiger partial charge in [-0.25, -0.2) is 9.97 Å². The number of halogens is 2. The first-order valence-electron chi connectivity index (χ1n) is 9.22. The van der Waals surface area contributed by atoms with E-state index in [1.807, 2.05) is 55.5 Å². The maximum atomic E-state index is 6.22. The average molecular weight is 415 g/mol. The second-order valence-electron chi connectivity index (χ2n) is 7.02. The second kappa shape index (κ2) is 9.37. The summed E-state index contributed by atoms with van der Waals surface area (Å²) in [7, 11) is 4.14. The van der Waals surface area contributed by atoms with E-state index in [-0.39, 0.29) is 0 Å². The largest absolute Gasteiger partial charge is 0.369 e. The Bertz CT molecular complexity index is 999. The van der Waals surface area contributed by atoms with Crippen LogP contribution in [0, 0.1) is 6.92 Å². The van der Waals surface area contributed by atoms with Gasteiger partial charge in [-0.15, -0.1) is 0 Å². The van der Waals surface area contributed by atoms with Crippen LogP contribution in [0.4, 0.5) is 5.82 Å². The monoisotopic (exact) mass is 414 g/mol. The Morgan fingerprint density at radius 1 is 1.04 bits per heavy atom. The van der Waals surface area contributed by atoms with Crippen molar-refractivity contribution in [2.75, 3.05) is 32.5 Å². The van der Waals surface area contributed by atoms with Gasteiger partial charge in [-0.2, -0.15) is 0 Å². The van der Waals surface area contributed by atoms with Crippen LogP contribution in [0.3, 0.4) is 0 Å². The van der Waals surface area contributed by atoms with Crippen LogP contribution in [0.1, 0.15) is 23.4 Å². The molecule has 6 heteroatoms. The number of fused-ring (bicyclic) bond motifs is 1. The Hall–Kier alpha value is -2.14. The lowest BCUT2D eigenvalue weighted by Crippen LogP contribution is -2.17. The van der Waals surface area contributed by atoms with Crippen molar-refractivity contribution in [2.24, 2.45) is 0 Å². The number of nitrogens with zero attached hydrogens (tertiary/aromatic N) is 3. The van der Waals surface area contributed by atoms with Crippen molar-refractivity contribution in [3.8, 4) is 0 Å². The molecule has 0 aliphatic rings. The molecule has 0 spiro atoms. The summed E-state index contributed by atoms with van der Waals surface area (Å²) in [6.07, 6.45) is 4.89. The van der Waals surface area contributed by atoms with Crippen molar-refractivity contribution in [2.45, 2.75) is 13.3 Å². The van der Waals surface area contributed by atoms with E-state index in [0.29, 0.717) is 10.8 Å². The fourth-order valence-corrected chi connectivity index (χ4v) is 3.17. The van der Waals surface area contributed by atoms with E-state index in [0.717, 1.165) is 52.4 Å².